The van der Waals surface area contributed by atoms with Crippen LogP contribution < -0.4 is 25.4 Å². The lowest BCUT2D eigenvalue weighted by atomic mass is 10.00. The second-order valence-corrected chi connectivity index (χ2v) is 13.7. The van der Waals surface area contributed by atoms with Gasteiger partial charge in [-0.2, -0.15) is 0 Å². The van der Waals surface area contributed by atoms with Crippen molar-refractivity contribution in [3.05, 3.63) is 125 Å². The van der Waals surface area contributed by atoms with Gasteiger partial charge in [0.1, 0.15) is 0 Å². The van der Waals surface area contributed by atoms with Gasteiger partial charge < -0.3 is 30.9 Å². The molecule has 0 unspecified atom stereocenters. The summed E-state index contributed by atoms with van der Waals surface area (Å²) in [6.45, 7) is 3.96. The lowest BCUT2D eigenvalue weighted by molar-refractivity contribution is 0.0831. The maximum Gasteiger partial charge on any atom is 0.251 e. The molecule has 260 valence electrons. The second-order valence-electron chi connectivity index (χ2n) is 11.7. The molecule has 4 aromatic carbocycles. The van der Waals surface area contributed by atoms with Gasteiger partial charge in [0.2, 0.25) is 10.0 Å². The minimum Gasteiger partial charge on any atom is -0.504 e. The Morgan fingerprint density at radius 3 is 2.08 bits per heavy atom. The Balaban J connectivity index is 1.52. The summed E-state index contributed by atoms with van der Waals surface area (Å²) >= 11 is 0. The molecule has 0 aliphatic carbocycles. The van der Waals surface area contributed by atoms with Crippen molar-refractivity contribution in [3.8, 4) is 11.5 Å². The van der Waals surface area contributed by atoms with Crippen LogP contribution in [0.25, 0.3) is 0 Å². The monoisotopic (exact) mass is 688 g/mol. The number of carbonyl (C=O) groups is 2. The van der Waals surface area contributed by atoms with Crippen LogP contribution in [0.15, 0.2) is 97.1 Å². The maximum absolute atomic E-state index is 13.8. The number of aromatic hydroxyl groups is 1. The molecule has 4 aromatic rings. The first kappa shape index (κ1) is 36.9. The number of rotatable bonds is 17. The Bertz CT molecular complexity index is 1800. The van der Waals surface area contributed by atoms with Crippen LogP contribution in [0.4, 0.5) is 5.69 Å². The van der Waals surface area contributed by atoms with Gasteiger partial charge in [-0.1, -0.05) is 66.7 Å². The summed E-state index contributed by atoms with van der Waals surface area (Å²) in [5, 5.41) is 30.4. The van der Waals surface area contributed by atoms with Crippen LogP contribution in [0.2, 0.25) is 0 Å². The summed E-state index contributed by atoms with van der Waals surface area (Å²) in [7, 11) is -2.24. The van der Waals surface area contributed by atoms with Gasteiger partial charge in [-0.15, -0.1) is 0 Å². The SMILES string of the molecule is CCS(=O)(=O)Nc1cc(C(=O)N[C@@H](Cc2ccccc2)[C@H](O)CNCCc2ccc(OC)c(O)c2)cc(C(=O)N[C@H](C)c2ccccc2)c1. The van der Waals surface area contributed by atoms with Crippen molar-refractivity contribution < 1.29 is 33.0 Å². The number of methoxy groups -OCH3 is 1. The van der Waals surface area contributed by atoms with Gasteiger partial charge in [0, 0.05) is 17.7 Å². The molecule has 0 saturated heterocycles. The predicted molar refractivity (Wildman–Crippen MR) is 190 cm³/mol. The van der Waals surface area contributed by atoms with Crippen molar-refractivity contribution in [1.29, 1.82) is 0 Å². The van der Waals surface area contributed by atoms with Crippen LogP contribution >= 0.6 is 0 Å². The number of ether oxygens (including phenoxy) is 1. The zero-order chi connectivity index (χ0) is 35.4. The van der Waals surface area contributed by atoms with Gasteiger partial charge in [-0.3, -0.25) is 14.3 Å². The molecule has 0 heterocycles. The van der Waals surface area contributed by atoms with Crippen molar-refractivity contribution in [2.75, 3.05) is 30.7 Å². The highest BCUT2D eigenvalue weighted by atomic mass is 32.2. The van der Waals surface area contributed by atoms with Gasteiger partial charge in [0.05, 0.1) is 36.7 Å². The standard InChI is InChI=1S/C37H44N4O7S/c1-4-49(46,47)41-31-22-29(36(44)39-25(2)28-13-9-6-10-14-28)21-30(23-31)37(45)40-32(19-26-11-7-5-8-12-26)34(43)24-38-18-17-27-15-16-35(48-3)33(42)20-27/h5-16,20-23,25,32,34,38,41-43H,4,17-19,24H2,1-3H3,(H,39,44)(H,40,45)/t25-,32+,34-/m1/s1. The smallest absolute Gasteiger partial charge is 0.251 e. The van der Waals surface area contributed by atoms with E-state index in [-0.39, 0.29) is 40.9 Å². The third kappa shape index (κ3) is 11.1. The summed E-state index contributed by atoms with van der Waals surface area (Å²) < 4.78 is 32.5. The molecule has 0 aliphatic heterocycles. The highest BCUT2D eigenvalue weighted by Crippen LogP contribution is 2.26. The number of carbonyl (C=O) groups excluding carboxylic acids is 2. The Labute approximate surface area is 287 Å². The zero-order valence-corrected chi connectivity index (χ0v) is 28.7. The fourth-order valence-electron chi connectivity index (χ4n) is 5.22. The third-order valence-electron chi connectivity index (χ3n) is 8.02. The summed E-state index contributed by atoms with van der Waals surface area (Å²) in [5.74, 6) is -0.846. The third-order valence-corrected chi connectivity index (χ3v) is 9.33. The highest BCUT2D eigenvalue weighted by molar-refractivity contribution is 7.92. The number of benzene rings is 4. The first-order valence-electron chi connectivity index (χ1n) is 16.1. The molecule has 0 bridgehead atoms. The molecule has 11 nitrogen and oxygen atoms in total. The highest BCUT2D eigenvalue weighted by Gasteiger charge is 2.24. The van der Waals surface area contributed by atoms with Crippen molar-refractivity contribution >= 4 is 27.5 Å². The number of amides is 2. The topological polar surface area (TPSA) is 166 Å². The Morgan fingerprint density at radius 1 is 0.837 bits per heavy atom. The lowest BCUT2D eigenvalue weighted by Gasteiger charge is -2.25. The normalized spacial score (nSPS) is 13.1. The molecule has 0 radical (unpaired) electrons. The molecule has 0 saturated carbocycles. The molecule has 3 atom stereocenters. The molecule has 0 aromatic heterocycles. The average Bonchev–Trinajstić information content (AvgIpc) is 3.10. The van der Waals surface area contributed by atoms with Gasteiger partial charge in [0.15, 0.2) is 11.5 Å². The molecule has 0 aliphatic rings. The van der Waals surface area contributed by atoms with Crippen LogP contribution in [0.5, 0.6) is 11.5 Å². The molecule has 0 fully saturated rings. The first-order chi connectivity index (χ1) is 23.5. The molecule has 2 amide bonds. The van der Waals surface area contributed by atoms with E-state index in [1.54, 1.807) is 12.1 Å². The van der Waals surface area contributed by atoms with Crippen LogP contribution in [-0.4, -0.2) is 68.5 Å². The van der Waals surface area contributed by atoms with E-state index in [0.717, 1.165) is 16.7 Å². The fourth-order valence-corrected chi connectivity index (χ4v) is 5.85. The summed E-state index contributed by atoms with van der Waals surface area (Å²) in [6, 6.07) is 27.0. The molecule has 6 N–H and O–H groups in total. The minimum absolute atomic E-state index is 0.0450. The predicted octanol–water partition coefficient (Wildman–Crippen LogP) is 4.19. The zero-order valence-electron chi connectivity index (χ0n) is 27.8. The van der Waals surface area contributed by atoms with Gasteiger partial charge in [-0.25, -0.2) is 8.42 Å². The number of phenols is 1. The second kappa shape index (κ2) is 17.5. The molecule has 0 spiro atoms. The van der Waals surface area contributed by atoms with E-state index in [9.17, 15) is 28.2 Å². The van der Waals surface area contributed by atoms with E-state index >= 15 is 0 Å². The Morgan fingerprint density at radius 2 is 1.47 bits per heavy atom. The summed E-state index contributed by atoms with van der Waals surface area (Å²) in [4.78, 5) is 27.1. The number of aliphatic hydroxyl groups excluding tert-OH is 1. The van der Waals surface area contributed by atoms with E-state index in [4.69, 9.17) is 4.74 Å². The Hall–Kier alpha value is -4.91. The number of phenolic OH excluding ortho intramolecular Hbond substituents is 1. The average molecular weight is 689 g/mol. The van der Waals surface area contributed by atoms with Crippen molar-refractivity contribution in [1.82, 2.24) is 16.0 Å². The van der Waals surface area contributed by atoms with Crippen molar-refractivity contribution in [2.24, 2.45) is 0 Å². The largest absolute Gasteiger partial charge is 0.504 e. The van der Waals surface area contributed by atoms with Crippen molar-refractivity contribution in [3.63, 3.8) is 0 Å². The van der Waals surface area contributed by atoms with E-state index in [1.165, 1.54) is 32.2 Å². The number of aliphatic hydroxyl groups is 1. The van der Waals surface area contributed by atoms with E-state index in [1.807, 2.05) is 73.7 Å². The minimum atomic E-state index is -3.72. The number of anilines is 1. The number of nitrogens with one attached hydrogen (secondary N) is 4. The molecule has 4 rings (SSSR count). The fraction of sp³-hybridized carbons (Fsp3) is 0.297. The van der Waals surface area contributed by atoms with Gasteiger partial charge in [-0.05, 0) is 80.3 Å². The lowest BCUT2D eigenvalue weighted by Crippen LogP contribution is -2.49. The first-order valence-corrected chi connectivity index (χ1v) is 17.7. The summed E-state index contributed by atoms with van der Waals surface area (Å²) in [5.41, 5.74) is 2.86. The molecular weight excluding hydrogens is 644 g/mol. The van der Waals surface area contributed by atoms with Crippen LogP contribution in [0.3, 0.4) is 0 Å². The van der Waals surface area contributed by atoms with E-state index in [0.29, 0.717) is 25.1 Å². The molecule has 12 heteroatoms. The number of hydrogen-bond acceptors (Lipinski definition) is 8. The maximum atomic E-state index is 13.8. The van der Waals surface area contributed by atoms with E-state index in [2.05, 4.69) is 20.7 Å². The van der Waals surface area contributed by atoms with Crippen LogP contribution in [-0.2, 0) is 22.9 Å². The van der Waals surface area contributed by atoms with Crippen LogP contribution in [0, 0.1) is 0 Å². The van der Waals surface area contributed by atoms with E-state index < -0.39 is 34.0 Å². The van der Waals surface area contributed by atoms with Gasteiger partial charge in [0.25, 0.3) is 11.8 Å². The van der Waals surface area contributed by atoms with Gasteiger partial charge >= 0.3 is 0 Å². The number of hydrogen-bond donors (Lipinski definition) is 6. The molecule has 49 heavy (non-hydrogen) atoms. The quantitative estimate of drug-likeness (QED) is 0.0899. The van der Waals surface area contributed by atoms with Crippen molar-refractivity contribution in [2.45, 2.75) is 44.9 Å². The Kier molecular flexibility index (Phi) is 13.2. The van der Waals surface area contributed by atoms with Crippen LogP contribution in [0.1, 0.15) is 57.3 Å². The number of sulfonamides is 1. The molecular formula is C37H44N4O7S. The summed E-state index contributed by atoms with van der Waals surface area (Å²) in [6.07, 6.45) is -0.121.